The molecule has 1 N–H and O–H groups in total. The summed E-state index contributed by atoms with van der Waals surface area (Å²) in [5, 5.41) is 6.64. The number of halogens is 1. The Morgan fingerprint density at radius 2 is 2.00 bits per heavy atom. The average molecular weight is 362 g/mol. The Hall–Kier alpha value is -2.28. The molecule has 0 unspecified atom stereocenters. The molecular formula is C19H27FN4O2. The summed E-state index contributed by atoms with van der Waals surface area (Å²) in [7, 11) is 0. The Bertz CT molecular complexity index is 726. The molecule has 0 aliphatic heterocycles. The van der Waals surface area contributed by atoms with Gasteiger partial charge in [-0.1, -0.05) is 25.1 Å². The Kier molecular flexibility index (Phi) is 7.26. The monoisotopic (exact) mass is 362 g/mol. The van der Waals surface area contributed by atoms with E-state index in [0.29, 0.717) is 17.3 Å². The van der Waals surface area contributed by atoms with Crippen molar-refractivity contribution in [3.8, 4) is 11.4 Å². The molecule has 2 rings (SSSR count). The van der Waals surface area contributed by atoms with Gasteiger partial charge in [0, 0.05) is 25.1 Å². The van der Waals surface area contributed by atoms with E-state index in [1.54, 1.807) is 13.0 Å². The van der Waals surface area contributed by atoms with Crippen LogP contribution in [-0.4, -0.2) is 46.6 Å². The zero-order valence-electron chi connectivity index (χ0n) is 15.9. The largest absolute Gasteiger partial charge is 0.348 e. The van der Waals surface area contributed by atoms with Gasteiger partial charge in [0.2, 0.25) is 11.7 Å². The van der Waals surface area contributed by atoms with E-state index < -0.39 is 11.7 Å². The maximum atomic E-state index is 14.4. The standard InChI is InChI=1S/C19H27FN4O2/c1-5-9-24(10-6-2)12-13(3)21-19(25)16-8-7-15(11-17(16)20)18-22-14(4)26-23-18/h7-8,11,13H,5-6,9-10,12H2,1-4H3,(H,21,25)/t13-/m1/s1. The van der Waals surface area contributed by atoms with E-state index in [0.717, 1.165) is 32.5 Å². The van der Waals surface area contributed by atoms with E-state index in [2.05, 4.69) is 34.2 Å². The normalized spacial score (nSPS) is 12.4. The molecule has 1 aromatic heterocycles. The van der Waals surface area contributed by atoms with Crippen LogP contribution in [0.4, 0.5) is 4.39 Å². The second-order valence-electron chi connectivity index (χ2n) is 6.51. The fourth-order valence-corrected chi connectivity index (χ4v) is 2.92. The number of carbonyl (C=O) groups is 1. The van der Waals surface area contributed by atoms with Gasteiger partial charge in [0.1, 0.15) is 5.82 Å². The highest BCUT2D eigenvalue weighted by Gasteiger charge is 2.17. The van der Waals surface area contributed by atoms with E-state index in [9.17, 15) is 9.18 Å². The van der Waals surface area contributed by atoms with E-state index in [-0.39, 0.29) is 11.6 Å². The molecule has 7 heteroatoms. The molecule has 26 heavy (non-hydrogen) atoms. The number of hydrogen-bond donors (Lipinski definition) is 1. The molecule has 0 aliphatic carbocycles. The van der Waals surface area contributed by atoms with Crippen molar-refractivity contribution in [2.75, 3.05) is 19.6 Å². The number of aryl methyl sites for hydroxylation is 1. The number of amides is 1. The molecule has 0 saturated carbocycles. The molecule has 0 saturated heterocycles. The Morgan fingerprint density at radius 1 is 1.31 bits per heavy atom. The van der Waals surface area contributed by atoms with E-state index >= 15 is 0 Å². The molecule has 1 aromatic carbocycles. The molecule has 1 atom stereocenters. The molecule has 0 aliphatic rings. The molecule has 1 heterocycles. The zero-order chi connectivity index (χ0) is 19.1. The molecule has 142 valence electrons. The fourth-order valence-electron chi connectivity index (χ4n) is 2.92. The molecular weight excluding hydrogens is 335 g/mol. The Labute approximate surface area is 153 Å². The highest BCUT2D eigenvalue weighted by atomic mass is 19.1. The fraction of sp³-hybridized carbons (Fsp3) is 0.526. The molecule has 6 nitrogen and oxygen atoms in total. The third kappa shape index (κ3) is 5.36. The Balaban J connectivity index is 2.02. The lowest BCUT2D eigenvalue weighted by Gasteiger charge is -2.25. The zero-order valence-corrected chi connectivity index (χ0v) is 15.9. The summed E-state index contributed by atoms with van der Waals surface area (Å²) in [6.07, 6.45) is 2.12. The van der Waals surface area contributed by atoms with Crippen molar-refractivity contribution in [1.29, 1.82) is 0 Å². The lowest BCUT2D eigenvalue weighted by molar-refractivity contribution is 0.0925. The van der Waals surface area contributed by atoms with Crippen LogP contribution in [0.25, 0.3) is 11.4 Å². The first-order chi connectivity index (χ1) is 12.4. The maximum absolute atomic E-state index is 14.4. The summed E-state index contributed by atoms with van der Waals surface area (Å²) in [6.45, 7) is 10.6. The number of nitrogens with zero attached hydrogens (tertiary/aromatic N) is 3. The van der Waals surface area contributed by atoms with Gasteiger partial charge in [0.25, 0.3) is 5.91 Å². The van der Waals surface area contributed by atoms with Crippen molar-refractivity contribution >= 4 is 5.91 Å². The van der Waals surface area contributed by atoms with E-state index in [1.165, 1.54) is 12.1 Å². The van der Waals surface area contributed by atoms with Crippen molar-refractivity contribution in [3.63, 3.8) is 0 Å². The molecule has 0 spiro atoms. The highest BCUT2D eigenvalue weighted by molar-refractivity contribution is 5.95. The smallest absolute Gasteiger partial charge is 0.254 e. The number of carbonyl (C=O) groups excluding carboxylic acids is 1. The first-order valence-electron chi connectivity index (χ1n) is 9.08. The number of aromatic nitrogens is 2. The number of benzene rings is 1. The maximum Gasteiger partial charge on any atom is 0.254 e. The first kappa shape index (κ1) is 20.0. The summed E-state index contributed by atoms with van der Waals surface area (Å²) in [6, 6.07) is 4.26. The summed E-state index contributed by atoms with van der Waals surface area (Å²) in [5.74, 6) is -0.316. The van der Waals surface area contributed by atoms with Gasteiger partial charge in [0.05, 0.1) is 5.56 Å². The summed E-state index contributed by atoms with van der Waals surface area (Å²) < 4.78 is 19.3. The number of hydrogen-bond acceptors (Lipinski definition) is 5. The van der Waals surface area contributed by atoms with Crippen LogP contribution in [0.5, 0.6) is 0 Å². The van der Waals surface area contributed by atoms with Gasteiger partial charge in [-0.15, -0.1) is 0 Å². The predicted molar refractivity (Wildman–Crippen MR) is 98.4 cm³/mol. The topological polar surface area (TPSA) is 71.3 Å². The average Bonchev–Trinajstić information content (AvgIpc) is 3.01. The van der Waals surface area contributed by atoms with Gasteiger partial charge < -0.3 is 14.7 Å². The van der Waals surface area contributed by atoms with Gasteiger partial charge in [-0.05, 0) is 45.0 Å². The van der Waals surface area contributed by atoms with Crippen LogP contribution in [0.2, 0.25) is 0 Å². The predicted octanol–water partition coefficient (Wildman–Crippen LogP) is 3.42. The second kappa shape index (κ2) is 9.43. The molecule has 0 fully saturated rings. The van der Waals surface area contributed by atoms with Crippen LogP contribution in [0.3, 0.4) is 0 Å². The van der Waals surface area contributed by atoms with Gasteiger partial charge in [0.15, 0.2) is 0 Å². The van der Waals surface area contributed by atoms with Crippen molar-refractivity contribution in [3.05, 3.63) is 35.5 Å². The minimum absolute atomic E-state index is 0.0124. The van der Waals surface area contributed by atoms with Crippen LogP contribution in [0.1, 0.15) is 49.9 Å². The van der Waals surface area contributed by atoms with Gasteiger partial charge in [-0.2, -0.15) is 4.98 Å². The quantitative estimate of drug-likeness (QED) is 0.740. The van der Waals surface area contributed by atoms with E-state index in [1.807, 2.05) is 6.92 Å². The van der Waals surface area contributed by atoms with Crippen molar-refractivity contribution in [2.45, 2.75) is 46.6 Å². The van der Waals surface area contributed by atoms with Crippen molar-refractivity contribution in [2.24, 2.45) is 0 Å². The lowest BCUT2D eigenvalue weighted by Crippen LogP contribution is -2.42. The second-order valence-corrected chi connectivity index (χ2v) is 6.51. The van der Waals surface area contributed by atoms with Crippen LogP contribution in [-0.2, 0) is 0 Å². The van der Waals surface area contributed by atoms with Crippen LogP contribution in [0.15, 0.2) is 22.7 Å². The molecule has 2 aromatic rings. The molecule has 0 radical (unpaired) electrons. The van der Waals surface area contributed by atoms with E-state index in [4.69, 9.17) is 4.52 Å². The summed E-state index contributed by atoms with van der Waals surface area (Å²) in [5.41, 5.74) is 0.486. The third-order valence-electron chi connectivity index (χ3n) is 3.99. The highest BCUT2D eigenvalue weighted by Crippen LogP contribution is 2.19. The SMILES string of the molecule is CCCN(CCC)C[C@@H](C)NC(=O)c1ccc(-c2noc(C)n2)cc1F. The van der Waals surface area contributed by atoms with Crippen molar-refractivity contribution < 1.29 is 13.7 Å². The number of rotatable bonds is 9. The summed E-state index contributed by atoms with van der Waals surface area (Å²) >= 11 is 0. The van der Waals surface area contributed by atoms with Gasteiger partial charge >= 0.3 is 0 Å². The third-order valence-corrected chi connectivity index (χ3v) is 3.99. The minimum Gasteiger partial charge on any atom is -0.348 e. The molecule has 0 bridgehead atoms. The Morgan fingerprint density at radius 3 is 2.54 bits per heavy atom. The summed E-state index contributed by atoms with van der Waals surface area (Å²) in [4.78, 5) is 18.8. The van der Waals surface area contributed by atoms with Gasteiger partial charge in [-0.3, -0.25) is 4.79 Å². The van der Waals surface area contributed by atoms with Crippen LogP contribution in [0, 0.1) is 12.7 Å². The first-order valence-corrected chi connectivity index (χ1v) is 9.08. The van der Waals surface area contributed by atoms with Crippen LogP contribution < -0.4 is 5.32 Å². The van der Waals surface area contributed by atoms with Gasteiger partial charge in [-0.25, -0.2) is 4.39 Å². The lowest BCUT2D eigenvalue weighted by atomic mass is 10.1. The number of nitrogens with one attached hydrogen (secondary N) is 1. The van der Waals surface area contributed by atoms with Crippen LogP contribution >= 0.6 is 0 Å². The van der Waals surface area contributed by atoms with Crippen molar-refractivity contribution in [1.82, 2.24) is 20.4 Å². The minimum atomic E-state index is -0.603. The molecule has 1 amide bonds.